The maximum absolute atomic E-state index is 11.7. The molecule has 0 aliphatic heterocycles. The molecule has 2 aromatic carbocycles. The minimum Gasteiger partial charge on any atom is -0.467 e. The van der Waals surface area contributed by atoms with Crippen molar-refractivity contribution in [1.29, 1.82) is 0 Å². The summed E-state index contributed by atoms with van der Waals surface area (Å²) in [7, 11) is 1.23. The second kappa shape index (κ2) is 7.53. The van der Waals surface area contributed by atoms with Crippen molar-refractivity contribution in [3.05, 3.63) is 48.0 Å². The molecule has 0 aliphatic carbocycles. The zero-order valence-corrected chi connectivity index (χ0v) is 12.2. The number of amides is 1. The van der Waals surface area contributed by atoms with Gasteiger partial charge < -0.3 is 9.47 Å². The molecule has 0 atom stereocenters. The Labute approximate surface area is 127 Å². The zero-order chi connectivity index (χ0) is 15.9. The summed E-state index contributed by atoms with van der Waals surface area (Å²) in [6, 6.07) is 13.5. The fourth-order valence-corrected chi connectivity index (χ4v) is 1.95. The molecule has 0 saturated carbocycles. The van der Waals surface area contributed by atoms with Gasteiger partial charge in [-0.05, 0) is 22.4 Å². The average molecular weight is 303 g/mol. The summed E-state index contributed by atoms with van der Waals surface area (Å²) in [5.41, 5.74) is 0.794. The summed E-state index contributed by atoms with van der Waals surface area (Å²) in [5, 5.41) is 12.4. The monoisotopic (exact) mass is 303 g/mol. The molecule has 0 bridgehead atoms. The SMILES string of the molecule is COC(=O)COCC(=O)N(O)Cc1ccc2ccccc2c1. The molecule has 0 radical (unpaired) electrons. The number of rotatable bonds is 6. The summed E-state index contributed by atoms with van der Waals surface area (Å²) in [6.07, 6.45) is 0. The van der Waals surface area contributed by atoms with Crippen molar-refractivity contribution in [2.75, 3.05) is 20.3 Å². The number of methoxy groups -OCH3 is 1. The van der Waals surface area contributed by atoms with Crippen LogP contribution in [-0.4, -0.2) is 42.5 Å². The number of fused-ring (bicyclic) bond motifs is 1. The van der Waals surface area contributed by atoms with Crippen LogP contribution in [0.1, 0.15) is 5.56 Å². The van der Waals surface area contributed by atoms with Crippen LogP contribution in [0, 0.1) is 0 Å². The Morgan fingerprint density at radius 2 is 1.82 bits per heavy atom. The molecule has 6 heteroatoms. The molecule has 0 fully saturated rings. The number of carbonyl (C=O) groups is 2. The molecular weight excluding hydrogens is 286 g/mol. The third-order valence-corrected chi connectivity index (χ3v) is 3.11. The number of hydrogen-bond donors (Lipinski definition) is 1. The molecule has 2 rings (SSSR count). The predicted octanol–water partition coefficient (Wildman–Crippen LogP) is 1.75. The predicted molar refractivity (Wildman–Crippen MR) is 79.1 cm³/mol. The van der Waals surface area contributed by atoms with Crippen LogP contribution in [0.4, 0.5) is 0 Å². The molecule has 0 aromatic heterocycles. The Balaban J connectivity index is 1.90. The van der Waals surface area contributed by atoms with Gasteiger partial charge in [0, 0.05) is 0 Å². The minimum atomic E-state index is -0.628. The molecule has 0 unspecified atom stereocenters. The lowest BCUT2D eigenvalue weighted by atomic mass is 10.1. The second-order valence-electron chi connectivity index (χ2n) is 4.70. The van der Waals surface area contributed by atoms with E-state index >= 15 is 0 Å². The van der Waals surface area contributed by atoms with Crippen LogP contribution in [0.15, 0.2) is 42.5 Å². The average Bonchev–Trinajstić information content (AvgIpc) is 2.54. The van der Waals surface area contributed by atoms with Gasteiger partial charge in [0.2, 0.25) is 0 Å². The van der Waals surface area contributed by atoms with Gasteiger partial charge in [-0.1, -0.05) is 36.4 Å². The molecule has 0 saturated heterocycles. The van der Waals surface area contributed by atoms with Crippen LogP contribution in [0.25, 0.3) is 10.8 Å². The van der Waals surface area contributed by atoms with Crippen LogP contribution in [0.5, 0.6) is 0 Å². The number of hydroxylamine groups is 2. The van der Waals surface area contributed by atoms with E-state index in [0.717, 1.165) is 16.3 Å². The van der Waals surface area contributed by atoms with Crippen molar-refractivity contribution >= 4 is 22.6 Å². The Morgan fingerprint density at radius 3 is 2.55 bits per heavy atom. The fourth-order valence-electron chi connectivity index (χ4n) is 1.95. The van der Waals surface area contributed by atoms with E-state index < -0.39 is 11.9 Å². The standard InChI is InChI=1S/C16H17NO5/c1-21-16(19)11-22-10-15(18)17(20)9-12-6-7-13-4-2-3-5-14(13)8-12/h2-8,20H,9-11H2,1H3. The van der Waals surface area contributed by atoms with Gasteiger partial charge in [0.1, 0.15) is 13.2 Å². The van der Waals surface area contributed by atoms with Crippen LogP contribution >= 0.6 is 0 Å². The summed E-state index contributed by atoms with van der Waals surface area (Å²) < 4.78 is 9.23. The lowest BCUT2D eigenvalue weighted by Crippen LogP contribution is -2.31. The first-order valence-corrected chi connectivity index (χ1v) is 6.71. The third kappa shape index (κ3) is 4.28. The number of carbonyl (C=O) groups excluding carboxylic acids is 2. The first-order valence-electron chi connectivity index (χ1n) is 6.71. The van der Waals surface area contributed by atoms with Gasteiger partial charge in [-0.15, -0.1) is 0 Å². The van der Waals surface area contributed by atoms with Gasteiger partial charge in [0.25, 0.3) is 5.91 Å². The Hall–Kier alpha value is -2.44. The molecule has 22 heavy (non-hydrogen) atoms. The number of hydrogen-bond acceptors (Lipinski definition) is 5. The van der Waals surface area contributed by atoms with Gasteiger partial charge in [0.05, 0.1) is 13.7 Å². The van der Waals surface area contributed by atoms with Crippen LogP contribution in [0.3, 0.4) is 0 Å². The van der Waals surface area contributed by atoms with Crippen molar-refractivity contribution in [3.8, 4) is 0 Å². The largest absolute Gasteiger partial charge is 0.467 e. The van der Waals surface area contributed by atoms with E-state index in [-0.39, 0.29) is 19.8 Å². The summed E-state index contributed by atoms with van der Waals surface area (Å²) >= 11 is 0. The summed E-state index contributed by atoms with van der Waals surface area (Å²) in [5.74, 6) is -1.20. The molecule has 0 spiro atoms. The lowest BCUT2D eigenvalue weighted by Gasteiger charge is -2.15. The van der Waals surface area contributed by atoms with Crippen LogP contribution < -0.4 is 0 Å². The van der Waals surface area contributed by atoms with E-state index in [1.165, 1.54) is 7.11 Å². The smallest absolute Gasteiger partial charge is 0.331 e. The van der Waals surface area contributed by atoms with Gasteiger partial charge in [-0.25, -0.2) is 9.86 Å². The molecule has 2 aromatic rings. The third-order valence-electron chi connectivity index (χ3n) is 3.11. The minimum absolute atomic E-state index is 0.0469. The second-order valence-corrected chi connectivity index (χ2v) is 4.70. The van der Waals surface area contributed by atoms with E-state index in [0.29, 0.717) is 5.06 Å². The highest BCUT2D eigenvalue weighted by Gasteiger charge is 2.13. The Kier molecular flexibility index (Phi) is 5.46. The van der Waals surface area contributed by atoms with Gasteiger partial charge in [-0.3, -0.25) is 10.0 Å². The van der Waals surface area contributed by atoms with Crippen molar-refractivity contribution in [3.63, 3.8) is 0 Å². The van der Waals surface area contributed by atoms with Gasteiger partial charge >= 0.3 is 5.97 Å². The number of benzene rings is 2. The lowest BCUT2D eigenvalue weighted by molar-refractivity contribution is -0.174. The van der Waals surface area contributed by atoms with E-state index in [4.69, 9.17) is 4.74 Å². The molecule has 116 valence electrons. The van der Waals surface area contributed by atoms with Crippen LogP contribution in [-0.2, 0) is 25.6 Å². The van der Waals surface area contributed by atoms with E-state index in [2.05, 4.69) is 4.74 Å². The summed E-state index contributed by atoms with van der Waals surface area (Å²) in [4.78, 5) is 22.5. The van der Waals surface area contributed by atoms with Crippen molar-refractivity contribution in [1.82, 2.24) is 5.06 Å². The Bertz CT molecular complexity index is 670. The van der Waals surface area contributed by atoms with Crippen molar-refractivity contribution < 1.29 is 24.3 Å². The summed E-state index contributed by atoms with van der Waals surface area (Å²) in [6.45, 7) is -0.670. The maximum atomic E-state index is 11.7. The van der Waals surface area contributed by atoms with Gasteiger partial charge in [0.15, 0.2) is 0 Å². The Morgan fingerprint density at radius 1 is 1.09 bits per heavy atom. The fraction of sp³-hybridized carbons (Fsp3) is 0.250. The highest BCUT2D eigenvalue weighted by Crippen LogP contribution is 2.16. The van der Waals surface area contributed by atoms with Gasteiger partial charge in [-0.2, -0.15) is 0 Å². The number of ether oxygens (including phenoxy) is 2. The van der Waals surface area contributed by atoms with E-state index in [9.17, 15) is 14.8 Å². The highest BCUT2D eigenvalue weighted by molar-refractivity contribution is 5.83. The van der Waals surface area contributed by atoms with E-state index in [1.807, 2.05) is 42.5 Å². The van der Waals surface area contributed by atoms with Crippen molar-refractivity contribution in [2.45, 2.75) is 6.54 Å². The highest BCUT2D eigenvalue weighted by atomic mass is 16.6. The van der Waals surface area contributed by atoms with Crippen LogP contribution in [0.2, 0.25) is 0 Å². The number of esters is 1. The van der Waals surface area contributed by atoms with E-state index in [1.54, 1.807) is 0 Å². The number of nitrogens with zero attached hydrogens (tertiary/aromatic N) is 1. The zero-order valence-electron chi connectivity index (χ0n) is 12.2. The van der Waals surface area contributed by atoms with Crippen molar-refractivity contribution in [2.24, 2.45) is 0 Å². The first-order chi connectivity index (χ1) is 10.6. The molecule has 1 N–H and O–H groups in total. The maximum Gasteiger partial charge on any atom is 0.331 e. The molecule has 0 heterocycles. The quantitative estimate of drug-likeness (QED) is 0.500. The topological polar surface area (TPSA) is 76.1 Å². The molecule has 6 nitrogen and oxygen atoms in total. The molecule has 1 amide bonds. The molecule has 0 aliphatic rings. The normalized spacial score (nSPS) is 10.5. The first kappa shape index (κ1) is 15.9. The molecular formula is C16H17NO5.